The summed E-state index contributed by atoms with van der Waals surface area (Å²) in [4.78, 5) is 39.2. The Balaban J connectivity index is 1.41. The Morgan fingerprint density at radius 2 is 1.71 bits per heavy atom. The van der Waals surface area contributed by atoms with Crippen molar-refractivity contribution in [2.75, 3.05) is 50.7 Å². The summed E-state index contributed by atoms with van der Waals surface area (Å²) in [6.45, 7) is 14.1. The Kier molecular flexibility index (Phi) is 7.61. The molecule has 1 aromatic carbocycles. The molecule has 3 heterocycles. The molecule has 2 aliphatic rings. The average molecular weight is 501 g/mol. The van der Waals surface area contributed by atoms with Crippen LogP contribution in [0, 0.1) is 0 Å². The van der Waals surface area contributed by atoms with Crippen molar-refractivity contribution in [3.63, 3.8) is 0 Å². The molecule has 35 heavy (non-hydrogen) atoms. The number of benzene rings is 1. The van der Waals surface area contributed by atoms with Gasteiger partial charge in [0.15, 0.2) is 5.82 Å². The number of rotatable bonds is 4. The first kappa shape index (κ1) is 25.4. The summed E-state index contributed by atoms with van der Waals surface area (Å²) in [5, 5.41) is 0.870. The monoisotopic (exact) mass is 500 g/mol. The zero-order chi connectivity index (χ0) is 25.2. The molecule has 190 valence electrons. The van der Waals surface area contributed by atoms with Crippen LogP contribution in [-0.2, 0) is 9.53 Å². The number of carbonyl (C=O) groups excluding carboxylic acids is 2. The minimum atomic E-state index is -0.605. The number of aromatic nitrogens is 2. The Hall–Kier alpha value is -2.72. The van der Waals surface area contributed by atoms with E-state index in [1.807, 2.05) is 56.0 Å². The number of ether oxygens (including phenoxy) is 1. The summed E-state index contributed by atoms with van der Waals surface area (Å²) in [6, 6.07) is 9.70. The van der Waals surface area contributed by atoms with Gasteiger partial charge in [-0.3, -0.25) is 14.6 Å². The minimum absolute atomic E-state index is 0.0110. The van der Waals surface area contributed by atoms with Crippen LogP contribution in [0.5, 0.6) is 0 Å². The molecular weight excluding hydrogens is 464 g/mol. The van der Waals surface area contributed by atoms with E-state index in [1.54, 1.807) is 4.90 Å². The summed E-state index contributed by atoms with van der Waals surface area (Å²) < 4.78 is 10.1. The summed E-state index contributed by atoms with van der Waals surface area (Å²) in [5.74, 6) is 0.719. The molecule has 0 unspecified atom stereocenters. The first-order valence-corrected chi connectivity index (χ1v) is 13.1. The number of anilines is 1. The fourth-order valence-electron chi connectivity index (χ4n) is 4.40. The molecule has 4 rings (SSSR count). The molecule has 0 aliphatic carbocycles. The van der Waals surface area contributed by atoms with Gasteiger partial charge in [-0.05, 0) is 34.6 Å². The first-order chi connectivity index (χ1) is 16.6. The molecule has 0 spiro atoms. The second-order valence-electron chi connectivity index (χ2n) is 10.4. The number of hydrogen-bond acceptors (Lipinski definition) is 8. The van der Waals surface area contributed by atoms with Crippen molar-refractivity contribution >= 4 is 28.7 Å². The average Bonchev–Trinajstić information content (AvgIpc) is 3.33. The molecule has 0 bridgehead atoms. The largest absolute Gasteiger partial charge is 0.444 e. The van der Waals surface area contributed by atoms with Gasteiger partial charge in [0.1, 0.15) is 11.6 Å². The lowest BCUT2D eigenvalue weighted by atomic mass is 10.1. The van der Waals surface area contributed by atoms with Gasteiger partial charge in [-0.25, -0.2) is 4.79 Å². The summed E-state index contributed by atoms with van der Waals surface area (Å²) in [6.07, 6.45) is -0.416. The predicted octanol–water partition coefficient (Wildman–Crippen LogP) is 3.18. The van der Waals surface area contributed by atoms with Gasteiger partial charge in [0.05, 0.1) is 0 Å². The van der Waals surface area contributed by atoms with Crippen LogP contribution in [0.15, 0.2) is 30.3 Å². The normalized spacial score (nSPS) is 19.8. The lowest BCUT2D eigenvalue weighted by Gasteiger charge is -2.44. The van der Waals surface area contributed by atoms with Gasteiger partial charge in [-0.2, -0.15) is 9.36 Å². The Bertz CT molecular complexity index is 1010. The van der Waals surface area contributed by atoms with Gasteiger partial charge in [0, 0.05) is 69.0 Å². The molecule has 2 fully saturated rings. The van der Waals surface area contributed by atoms with Gasteiger partial charge >= 0.3 is 6.09 Å². The van der Waals surface area contributed by atoms with Crippen LogP contribution in [0.25, 0.3) is 11.4 Å². The molecule has 2 aromatic rings. The molecule has 2 amide bonds. The third-order valence-electron chi connectivity index (χ3n) is 6.36. The van der Waals surface area contributed by atoms with E-state index in [9.17, 15) is 9.59 Å². The molecule has 9 nitrogen and oxygen atoms in total. The quantitative estimate of drug-likeness (QED) is 0.638. The second-order valence-corrected chi connectivity index (χ2v) is 11.1. The molecule has 2 saturated heterocycles. The van der Waals surface area contributed by atoms with Gasteiger partial charge < -0.3 is 14.5 Å². The highest BCUT2D eigenvalue weighted by molar-refractivity contribution is 7.09. The minimum Gasteiger partial charge on any atom is -0.444 e. The van der Waals surface area contributed by atoms with Crippen LogP contribution in [0.1, 0.15) is 34.6 Å². The molecular formula is C25H36N6O3S. The third kappa shape index (κ3) is 6.10. The van der Waals surface area contributed by atoms with E-state index in [4.69, 9.17) is 9.72 Å². The van der Waals surface area contributed by atoms with Crippen LogP contribution in [0.3, 0.4) is 0 Å². The van der Waals surface area contributed by atoms with Gasteiger partial charge in [0.25, 0.3) is 0 Å². The fourth-order valence-corrected chi connectivity index (χ4v) is 5.14. The van der Waals surface area contributed by atoms with Gasteiger partial charge in [-0.1, -0.05) is 30.3 Å². The Morgan fingerprint density at radius 3 is 2.34 bits per heavy atom. The highest BCUT2D eigenvalue weighted by Crippen LogP contribution is 2.25. The molecule has 1 atom stereocenters. The van der Waals surface area contributed by atoms with Gasteiger partial charge in [0.2, 0.25) is 11.0 Å². The highest BCUT2D eigenvalue weighted by atomic mass is 32.1. The molecule has 1 aromatic heterocycles. The lowest BCUT2D eigenvalue weighted by Crippen LogP contribution is -2.64. The fraction of sp³-hybridized carbons (Fsp3) is 0.600. The molecule has 2 aliphatic heterocycles. The van der Waals surface area contributed by atoms with Crippen molar-refractivity contribution < 1.29 is 14.3 Å². The number of carbonyl (C=O) groups is 2. The third-order valence-corrected chi connectivity index (χ3v) is 7.14. The zero-order valence-corrected chi connectivity index (χ0v) is 22.1. The van der Waals surface area contributed by atoms with E-state index in [0.29, 0.717) is 45.3 Å². The van der Waals surface area contributed by atoms with Crippen LogP contribution in [0.2, 0.25) is 0 Å². The van der Waals surface area contributed by atoms with Crippen molar-refractivity contribution in [2.45, 2.75) is 52.3 Å². The van der Waals surface area contributed by atoms with Crippen molar-refractivity contribution in [1.29, 1.82) is 0 Å². The van der Waals surface area contributed by atoms with E-state index in [-0.39, 0.29) is 5.91 Å². The Morgan fingerprint density at radius 1 is 1.03 bits per heavy atom. The van der Waals surface area contributed by atoms with Crippen molar-refractivity contribution in [3.05, 3.63) is 30.3 Å². The molecule has 10 heteroatoms. The summed E-state index contributed by atoms with van der Waals surface area (Å²) in [5.41, 5.74) is 0.393. The maximum absolute atomic E-state index is 13.6. The number of hydrogen-bond donors (Lipinski definition) is 0. The molecule has 0 radical (unpaired) electrons. The van der Waals surface area contributed by atoms with Crippen LogP contribution < -0.4 is 4.90 Å². The van der Waals surface area contributed by atoms with E-state index in [0.717, 1.165) is 23.1 Å². The van der Waals surface area contributed by atoms with Crippen molar-refractivity contribution in [3.8, 4) is 11.4 Å². The predicted molar refractivity (Wildman–Crippen MR) is 138 cm³/mol. The smallest absolute Gasteiger partial charge is 0.411 e. The highest BCUT2D eigenvalue weighted by Gasteiger charge is 2.40. The lowest BCUT2D eigenvalue weighted by molar-refractivity contribution is -0.140. The van der Waals surface area contributed by atoms with Crippen LogP contribution >= 0.6 is 11.5 Å². The SMILES string of the molecule is CC(C)N1CCN(C(=O)OC(C)(C)C)[C@@H](C(=O)N2CCN(c3nc(-c4ccccc4)ns3)CC2)C1. The topological polar surface area (TPSA) is 82.1 Å². The van der Waals surface area contributed by atoms with Crippen LogP contribution in [0.4, 0.5) is 9.93 Å². The summed E-state index contributed by atoms with van der Waals surface area (Å²) in [7, 11) is 0. The number of nitrogens with zero attached hydrogens (tertiary/aromatic N) is 6. The van der Waals surface area contributed by atoms with Crippen molar-refractivity contribution in [1.82, 2.24) is 24.1 Å². The van der Waals surface area contributed by atoms with E-state index in [2.05, 4.69) is 28.0 Å². The van der Waals surface area contributed by atoms with E-state index in [1.165, 1.54) is 11.5 Å². The first-order valence-electron chi connectivity index (χ1n) is 12.3. The zero-order valence-electron chi connectivity index (χ0n) is 21.3. The van der Waals surface area contributed by atoms with E-state index >= 15 is 0 Å². The second kappa shape index (κ2) is 10.5. The molecule has 0 saturated carbocycles. The maximum Gasteiger partial charge on any atom is 0.411 e. The number of piperazine rings is 2. The van der Waals surface area contributed by atoms with E-state index < -0.39 is 17.7 Å². The summed E-state index contributed by atoms with van der Waals surface area (Å²) >= 11 is 1.39. The Labute approximate surface area is 211 Å². The standard InChI is InChI=1S/C25H36N6O3S/c1-18(2)30-15-16-31(24(33)34-25(3,4)5)20(17-30)22(32)28-11-13-29(14-12-28)23-26-21(27-35-23)19-9-7-6-8-10-19/h6-10,18,20H,11-17H2,1-5H3/t20-/m1/s1. The van der Waals surface area contributed by atoms with Crippen LogP contribution in [-0.4, -0.2) is 99.6 Å². The maximum atomic E-state index is 13.6. The number of amides is 2. The molecule has 0 N–H and O–H groups in total. The van der Waals surface area contributed by atoms with Gasteiger partial charge in [-0.15, -0.1) is 0 Å². The van der Waals surface area contributed by atoms with Crippen molar-refractivity contribution in [2.24, 2.45) is 0 Å².